The molecule has 3 amide bonds. The van der Waals surface area contributed by atoms with Crippen LogP contribution < -0.4 is 10.6 Å². The van der Waals surface area contributed by atoms with Crippen LogP contribution in [0.15, 0.2) is 24.3 Å². The van der Waals surface area contributed by atoms with Crippen LogP contribution in [-0.4, -0.2) is 47.0 Å². The molecular formula is C32H51N3O4. The molecule has 39 heavy (non-hydrogen) atoms. The number of nitrogens with one attached hydrogen (secondary N) is 2. The van der Waals surface area contributed by atoms with Crippen molar-refractivity contribution >= 4 is 17.9 Å². The first-order valence-corrected chi connectivity index (χ1v) is 14.5. The lowest BCUT2D eigenvalue weighted by Crippen LogP contribution is -2.55. The van der Waals surface area contributed by atoms with E-state index in [1.54, 1.807) is 31.7 Å². The number of carbonyl (C=O) groups is 3. The van der Waals surface area contributed by atoms with E-state index in [1.165, 1.54) is 0 Å². The average molecular weight is 542 g/mol. The minimum absolute atomic E-state index is 0.0645. The lowest BCUT2D eigenvalue weighted by Gasteiger charge is -2.36. The maximum absolute atomic E-state index is 14.3. The summed E-state index contributed by atoms with van der Waals surface area (Å²) in [5.74, 6) is 1.84. The van der Waals surface area contributed by atoms with Gasteiger partial charge in [-0.1, -0.05) is 83.9 Å². The molecule has 0 radical (unpaired) electrons. The van der Waals surface area contributed by atoms with E-state index < -0.39 is 23.8 Å². The molecule has 3 atom stereocenters. The van der Waals surface area contributed by atoms with Gasteiger partial charge in [0.15, 0.2) is 0 Å². The Hall–Kier alpha value is -3.01. The fraction of sp³-hybridized carbons (Fsp3) is 0.656. The zero-order chi connectivity index (χ0) is 29.6. The number of ether oxygens (including phenoxy) is 1. The molecule has 0 aliphatic carbocycles. The van der Waals surface area contributed by atoms with Crippen molar-refractivity contribution in [2.75, 3.05) is 6.54 Å². The molecule has 0 heterocycles. The van der Waals surface area contributed by atoms with Crippen molar-refractivity contribution < 1.29 is 19.1 Å². The second-order valence-electron chi connectivity index (χ2n) is 11.6. The summed E-state index contributed by atoms with van der Waals surface area (Å²) in [6, 6.07) is 5.37. The summed E-state index contributed by atoms with van der Waals surface area (Å²) < 4.78 is 5.46. The van der Waals surface area contributed by atoms with Crippen LogP contribution in [0.2, 0.25) is 0 Å². The standard InChI is InChI=1S/C32H51N3O4/c1-10-13-14-15-18-22-35(30(37)27(23(4)5)34-31(38)39-32(7,8)9)28(29(36)33-24(6)19-11-2)26-21-17-16-20-25(26)12-3/h3,16-17,20-21,23-24,27-28H,10-11,13-15,18-19,22H2,1-2,4-9H3,(H,33,36)(H,34,38). The molecule has 0 saturated carbocycles. The van der Waals surface area contributed by atoms with E-state index in [-0.39, 0.29) is 23.8 Å². The van der Waals surface area contributed by atoms with Gasteiger partial charge in [0, 0.05) is 18.2 Å². The first-order chi connectivity index (χ1) is 18.4. The monoisotopic (exact) mass is 541 g/mol. The second kappa shape index (κ2) is 16.8. The van der Waals surface area contributed by atoms with E-state index in [0.717, 1.165) is 44.9 Å². The van der Waals surface area contributed by atoms with Crippen LogP contribution in [0.5, 0.6) is 0 Å². The smallest absolute Gasteiger partial charge is 0.408 e. The highest BCUT2D eigenvalue weighted by atomic mass is 16.6. The maximum Gasteiger partial charge on any atom is 0.408 e. The van der Waals surface area contributed by atoms with Crippen molar-refractivity contribution in [2.45, 2.75) is 124 Å². The third-order valence-electron chi connectivity index (χ3n) is 6.47. The summed E-state index contributed by atoms with van der Waals surface area (Å²) in [6.45, 7) is 15.6. The van der Waals surface area contributed by atoms with Crippen molar-refractivity contribution in [3.05, 3.63) is 35.4 Å². The summed E-state index contributed by atoms with van der Waals surface area (Å²) in [6.07, 6.45) is 11.8. The number of unbranched alkanes of at least 4 members (excludes halogenated alkanes) is 4. The highest BCUT2D eigenvalue weighted by Gasteiger charge is 2.38. The minimum atomic E-state index is -0.933. The van der Waals surface area contributed by atoms with Gasteiger partial charge in [0.1, 0.15) is 17.7 Å². The zero-order valence-corrected chi connectivity index (χ0v) is 25.4. The highest BCUT2D eigenvalue weighted by Crippen LogP contribution is 2.27. The van der Waals surface area contributed by atoms with Gasteiger partial charge in [0.05, 0.1) is 0 Å². The van der Waals surface area contributed by atoms with Crippen LogP contribution in [0, 0.1) is 18.3 Å². The molecule has 218 valence electrons. The first kappa shape index (κ1) is 34.0. The molecule has 2 N–H and O–H groups in total. The molecule has 0 aromatic heterocycles. The van der Waals surface area contributed by atoms with Gasteiger partial charge < -0.3 is 20.3 Å². The fourth-order valence-corrected chi connectivity index (χ4v) is 4.52. The van der Waals surface area contributed by atoms with Crippen LogP contribution in [0.3, 0.4) is 0 Å². The molecule has 1 aromatic carbocycles. The molecule has 1 rings (SSSR count). The summed E-state index contributed by atoms with van der Waals surface area (Å²) in [5.41, 5.74) is 0.450. The Kier molecular flexibility index (Phi) is 14.7. The van der Waals surface area contributed by atoms with E-state index in [9.17, 15) is 14.4 Å². The predicted octanol–water partition coefficient (Wildman–Crippen LogP) is 6.36. The van der Waals surface area contributed by atoms with Gasteiger partial charge in [0.2, 0.25) is 11.8 Å². The van der Waals surface area contributed by atoms with Crippen LogP contribution in [0.4, 0.5) is 4.79 Å². The Morgan fingerprint density at radius 2 is 1.62 bits per heavy atom. The molecule has 0 saturated heterocycles. The van der Waals surface area contributed by atoms with Gasteiger partial charge >= 0.3 is 6.09 Å². The van der Waals surface area contributed by atoms with Gasteiger partial charge in [-0.15, -0.1) is 6.42 Å². The average Bonchev–Trinajstić information content (AvgIpc) is 2.85. The molecule has 1 aromatic rings. The Balaban J connectivity index is 3.55. The summed E-state index contributed by atoms with van der Waals surface area (Å²) in [5, 5.41) is 5.88. The molecule has 7 nitrogen and oxygen atoms in total. The Labute approximate surface area is 236 Å². The molecule has 0 fully saturated rings. The number of hydrogen-bond donors (Lipinski definition) is 2. The largest absolute Gasteiger partial charge is 0.444 e. The Bertz CT molecular complexity index is 961. The van der Waals surface area contributed by atoms with Gasteiger partial charge in [-0.3, -0.25) is 9.59 Å². The SMILES string of the molecule is C#Cc1ccccc1C(C(=O)NC(C)CCC)N(CCCCCCC)C(=O)C(NC(=O)OC(C)(C)C)C(C)C. The highest BCUT2D eigenvalue weighted by molar-refractivity contribution is 5.92. The van der Waals surface area contributed by atoms with Crippen molar-refractivity contribution in [3.8, 4) is 12.3 Å². The van der Waals surface area contributed by atoms with Crippen molar-refractivity contribution in [1.82, 2.24) is 15.5 Å². The maximum atomic E-state index is 14.3. The van der Waals surface area contributed by atoms with Gasteiger partial charge in [-0.2, -0.15) is 0 Å². The summed E-state index contributed by atoms with van der Waals surface area (Å²) in [4.78, 5) is 42.5. The topological polar surface area (TPSA) is 87.7 Å². The normalized spacial score (nSPS) is 13.6. The molecule has 0 bridgehead atoms. The van der Waals surface area contributed by atoms with Gasteiger partial charge in [-0.25, -0.2) is 4.79 Å². The van der Waals surface area contributed by atoms with Crippen LogP contribution >= 0.6 is 0 Å². The number of nitrogens with zero attached hydrogens (tertiary/aromatic N) is 1. The van der Waals surface area contributed by atoms with Gasteiger partial charge in [-0.05, 0) is 58.1 Å². The van der Waals surface area contributed by atoms with E-state index in [1.807, 2.05) is 39.0 Å². The van der Waals surface area contributed by atoms with Crippen LogP contribution in [0.25, 0.3) is 0 Å². The van der Waals surface area contributed by atoms with Crippen LogP contribution in [-0.2, 0) is 14.3 Å². The lowest BCUT2D eigenvalue weighted by atomic mass is 9.95. The quantitative estimate of drug-likeness (QED) is 0.200. The number of benzene rings is 1. The van der Waals surface area contributed by atoms with Crippen molar-refractivity contribution in [2.24, 2.45) is 5.92 Å². The third kappa shape index (κ3) is 11.7. The van der Waals surface area contributed by atoms with Gasteiger partial charge in [0.25, 0.3) is 0 Å². The van der Waals surface area contributed by atoms with E-state index in [2.05, 4.69) is 30.4 Å². The number of hydrogen-bond acceptors (Lipinski definition) is 4. The number of terminal acetylenes is 1. The molecule has 0 aliphatic heterocycles. The predicted molar refractivity (Wildman–Crippen MR) is 158 cm³/mol. The fourth-order valence-electron chi connectivity index (χ4n) is 4.52. The molecule has 7 heteroatoms. The number of alkyl carbamates (subject to hydrolysis) is 1. The third-order valence-corrected chi connectivity index (χ3v) is 6.47. The molecule has 0 spiro atoms. The Morgan fingerprint density at radius 1 is 0.974 bits per heavy atom. The van der Waals surface area contributed by atoms with Crippen molar-refractivity contribution in [3.63, 3.8) is 0 Å². The Morgan fingerprint density at radius 3 is 2.18 bits per heavy atom. The molecule has 0 aliphatic rings. The number of rotatable bonds is 15. The van der Waals surface area contributed by atoms with Crippen LogP contribution in [0.1, 0.15) is 118 Å². The molecular weight excluding hydrogens is 490 g/mol. The van der Waals surface area contributed by atoms with E-state index in [0.29, 0.717) is 17.7 Å². The number of carbonyl (C=O) groups excluding carboxylic acids is 3. The second-order valence-corrected chi connectivity index (χ2v) is 11.6. The molecule has 3 unspecified atom stereocenters. The van der Waals surface area contributed by atoms with E-state index >= 15 is 0 Å². The number of amides is 3. The van der Waals surface area contributed by atoms with Crippen molar-refractivity contribution in [1.29, 1.82) is 0 Å². The van der Waals surface area contributed by atoms with E-state index in [4.69, 9.17) is 11.2 Å². The zero-order valence-electron chi connectivity index (χ0n) is 25.4. The lowest BCUT2D eigenvalue weighted by molar-refractivity contribution is -0.143. The first-order valence-electron chi connectivity index (χ1n) is 14.5. The minimum Gasteiger partial charge on any atom is -0.444 e. The summed E-state index contributed by atoms with van der Waals surface area (Å²) >= 11 is 0. The summed E-state index contributed by atoms with van der Waals surface area (Å²) in [7, 11) is 0.